The van der Waals surface area contributed by atoms with E-state index in [-0.39, 0.29) is 0 Å². The quantitative estimate of drug-likeness (QED) is 0.259. The van der Waals surface area contributed by atoms with Crippen LogP contribution >= 0.6 is 15.9 Å². The van der Waals surface area contributed by atoms with Crippen molar-refractivity contribution in [3.8, 4) is 0 Å². The van der Waals surface area contributed by atoms with Crippen LogP contribution in [0.25, 0.3) is 0 Å². The van der Waals surface area contributed by atoms with Crippen molar-refractivity contribution in [2.75, 3.05) is 0 Å². The third kappa shape index (κ3) is 21.6. The van der Waals surface area contributed by atoms with Gasteiger partial charge in [0.25, 0.3) is 0 Å². The predicted octanol–water partition coefficient (Wildman–Crippen LogP) is 5.67. The van der Waals surface area contributed by atoms with Crippen LogP contribution in [0.2, 0.25) is 0 Å². The van der Waals surface area contributed by atoms with E-state index in [1.165, 1.54) is 11.1 Å². The molecule has 164 valence electrons. The van der Waals surface area contributed by atoms with Gasteiger partial charge in [-0.2, -0.15) is 0 Å². The topological polar surface area (TPSA) is 115 Å². The van der Waals surface area contributed by atoms with Gasteiger partial charge in [0.15, 0.2) is 0 Å². The molecule has 0 heterocycles. The molecular formula is C20H38O6P2. The summed E-state index contributed by atoms with van der Waals surface area (Å²) in [5, 5.41) is 0. The van der Waals surface area contributed by atoms with Gasteiger partial charge in [0.05, 0.1) is 5.66 Å². The molecule has 0 rings (SSSR count). The minimum atomic E-state index is -4.10. The van der Waals surface area contributed by atoms with Gasteiger partial charge >= 0.3 is 15.9 Å². The first-order valence-corrected chi connectivity index (χ1v) is 12.3. The zero-order valence-corrected chi connectivity index (χ0v) is 19.9. The van der Waals surface area contributed by atoms with Crippen LogP contribution in [0.4, 0.5) is 0 Å². The Labute approximate surface area is 170 Å². The first-order valence-electron chi connectivity index (χ1n) is 9.32. The molecule has 0 aromatic heterocycles. The molecule has 1 unspecified atom stereocenters. The Hall–Kier alpha value is -0.740. The van der Waals surface area contributed by atoms with E-state index in [2.05, 4.69) is 32.9 Å². The first-order chi connectivity index (χ1) is 12.8. The normalized spacial score (nSPS) is 13.5. The van der Waals surface area contributed by atoms with Crippen LogP contribution < -0.4 is 0 Å². The molecule has 0 saturated carbocycles. The number of hydrogen-bond acceptors (Lipinski definition) is 2. The molecule has 6 nitrogen and oxygen atoms in total. The van der Waals surface area contributed by atoms with Crippen molar-refractivity contribution >= 4 is 15.9 Å². The highest BCUT2D eigenvalue weighted by Gasteiger charge is 2.25. The van der Waals surface area contributed by atoms with E-state index in [1.54, 1.807) is 6.08 Å². The van der Waals surface area contributed by atoms with Crippen molar-refractivity contribution in [3.63, 3.8) is 0 Å². The molecule has 0 aliphatic carbocycles. The minimum Gasteiger partial charge on any atom is -0.326 e. The van der Waals surface area contributed by atoms with E-state index in [4.69, 9.17) is 14.4 Å². The Morgan fingerprint density at radius 1 is 0.857 bits per heavy atom. The van der Waals surface area contributed by atoms with E-state index in [9.17, 15) is 14.4 Å². The maximum Gasteiger partial charge on any atom is 0.332 e. The lowest BCUT2D eigenvalue weighted by Gasteiger charge is -2.14. The molecule has 0 amide bonds. The van der Waals surface area contributed by atoms with E-state index in [0.717, 1.165) is 36.8 Å². The summed E-state index contributed by atoms with van der Waals surface area (Å²) in [6, 6.07) is 0. The largest absolute Gasteiger partial charge is 0.332 e. The predicted molar refractivity (Wildman–Crippen MR) is 119 cm³/mol. The Morgan fingerprint density at radius 3 is 1.71 bits per heavy atom. The van der Waals surface area contributed by atoms with Crippen molar-refractivity contribution in [1.82, 2.24) is 0 Å². The van der Waals surface area contributed by atoms with Gasteiger partial charge in [0, 0.05) is 0 Å². The highest BCUT2D eigenvalue weighted by molar-refractivity contribution is 7.52. The fraction of sp³-hybridized carbons (Fsp3) is 0.600. The number of allylic oxidation sites excluding steroid dienone is 8. The average molecular weight is 436 g/mol. The maximum atomic E-state index is 11.6. The minimum absolute atomic E-state index is 0.390. The molecule has 0 fully saturated rings. The maximum absolute atomic E-state index is 11.6. The summed E-state index contributed by atoms with van der Waals surface area (Å²) in [5.41, 5.74) is 4.13. The molecule has 0 radical (unpaired) electrons. The highest BCUT2D eigenvalue weighted by Crippen LogP contribution is 2.44. The molecule has 0 aromatic carbocycles. The third-order valence-corrected chi connectivity index (χ3v) is 5.02. The molecule has 0 spiro atoms. The molecule has 0 saturated heterocycles. The number of hydrogen-bond donors (Lipinski definition) is 4. The van der Waals surface area contributed by atoms with Crippen LogP contribution in [-0.2, 0) is 9.13 Å². The third-order valence-electron chi connectivity index (χ3n) is 3.80. The van der Waals surface area contributed by atoms with Gasteiger partial charge in [-0.3, -0.25) is 9.13 Å². The van der Waals surface area contributed by atoms with Crippen LogP contribution in [-0.4, -0.2) is 25.2 Å². The first kappa shape index (κ1) is 29.5. The smallest absolute Gasteiger partial charge is 0.326 e. The van der Waals surface area contributed by atoms with Gasteiger partial charge in [-0.15, -0.1) is 0 Å². The monoisotopic (exact) mass is 436 g/mol. The molecule has 4 N–H and O–H groups in total. The van der Waals surface area contributed by atoms with Crippen molar-refractivity contribution < 1.29 is 28.7 Å². The summed E-state index contributed by atoms with van der Waals surface area (Å²) in [7, 11) is -7.23. The lowest BCUT2D eigenvalue weighted by molar-refractivity contribution is 0.364. The Bertz CT molecular complexity index is 629. The molecule has 0 aliphatic rings. The van der Waals surface area contributed by atoms with E-state index < -0.39 is 21.5 Å². The highest BCUT2D eigenvalue weighted by atomic mass is 31.2. The fourth-order valence-corrected chi connectivity index (χ4v) is 3.14. The zero-order chi connectivity index (χ0) is 22.3. The van der Waals surface area contributed by atoms with Crippen LogP contribution in [0.3, 0.4) is 0 Å². The lowest BCUT2D eigenvalue weighted by Crippen LogP contribution is -2.05. The van der Waals surface area contributed by atoms with Crippen LogP contribution in [0.15, 0.2) is 46.6 Å². The molecule has 0 aliphatic heterocycles. The molecule has 0 bridgehead atoms. The van der Waals surface area contributed by atoms with Gasteiger partial charge in [-0.1, -0.05) is 46.6 Å². The zero-order valence-electron chi connectivity index (χ0n) is 18.0. The van der Waals surface area contributed by atoms with Crippen molar-refractivity contribution in [3.05, 3.63) is 46.6 Å². The van der Waals surface area contributed by atoms with E-state index in [1.807, 2.05) is 26.8 Å². The summed E-state index contributed by atoms with van der Waals surface area (Å²) < 4.78 is 20.4. The second-order valence-corrected chi connectivity index (χ2v) is 9.79. The second kappa shape index (κ2) is 16.1. The van der Waals surface area contributed by atoms with Gasteiger partial charge < -0.3 is 19.6 Å². The van der Waals surface area contributed by atoms with Gasteiger partial charge in [-0.25, -0.2) is 0 Å². The summed E-state index contributed by atoms with van der Waals surface area (Å²) in [6.45, 7) is 12.2. The second-order valence-electron chi connectivity index (χ2n) is 7.38. The molecule has 28 heavy (non-hydrogen) atoms. The van der Waals surface area contributed by atoms with Crippen LogP contribution in [0.1, 0.15) is 73.6 Å². The molecule has 8 heteroatoms. The van der Waals surface area contributed by atoms with Crippen LogP contribution in [0.5, 0.6) is 0 Å². The van der Waals surface area contributed by atoms with Crippen LogP contribution in [0, 0.1) is 0 Å². The molecular weight excluding hydrogens is 398 g/mol. The Balaban J connectivity index is 0. The van der Waals surface area contributed by atoms with Gasteiger partial charge in [0.2, 0.25) is 0 Å². The van der Waals surface area contributed by atoms with Crippen molar-refractivity contribution in [2.24, 2.45) is 0 Å². The van der Waals surface area contributed by atoms with Crippen molar-refractivity contribution in [1.29, 1.82) is 0 Å². The SMILES string of the molecule is CC(C)=CCC/C(C)=C/CC/C(C)=C/C(CC=C(C)C)P(=O)(O)O.O=[PH](O)O. The average Bonchev–Trinajstić information content (AvgIpc) is 2.49. The van der Waals surface area contributed by atoms with Crippen molar-refractivity contribution in [2.45, 2.75) is 79.3 Å². The Kier molecular flexibility index (Phi) is 16.9. The summed E-state index contributed by atoms with van der Waals surface area (Å²) >= 11 is 0. The summed E-state index contributed by atoms with van der Waals surface area (Å²) in [4.78, 5) is 33.3. The summed E-state index contributed by atoms with van der Waals surface area (Å²) in [6.07, 6.45) is 12.4. The fourth-order valence-electron chi connectivity index (χ4n) is 2.31. The molecule has 1 atom stereocenters. The van der Waals surface area contributed by atoms with Gasteiger partial charge in [0.1, 0.15) is 0 Å². The standard InChI is InChI=1S/C20H35O3P.H3O3P/c1-16(2)9-7-10-18(5)11-8-12-19(6)15-20(24(21,22)23)14-13-17(3)4;1-4(2)3/h9,11,13,15,20H,7-8,10,12,14H2,1-6H3,(H2,21,22,23);4H,(H2,1,2,3)/b18-11+,19-15+;. The molecule has 0 aromatic rings. The van der Waals surface area contributed by atoms with E-state index >= 15 is 0 Å². The Morgan fingerprint density at radius 2 is 1.29 bits per heavy atom. The van der Waals surface area contributed by atoms with E-state index in [0.29, 0.717) is 6.42 Å². The number of rotatable bonds is 10. The summed E-state index contributed by atoms with van der Waals surface area (Å²) in [5.74, 6) is 0. The van der Waals surface area contributed by atoms with Gasteiger partial charge in [-0.05, 0) is 73.6 Å². The lowest BCUT2D eigenvalue weighted by atomic mass is 10.1.